The maximum absolute atomic E-state index is 12.7. The molecule has 1 amide bonds. The van der Waals surface area contributed by atoms with Crippen LogP contribution >= 0.6 is 11.8 Å². The van der Waals surface area contributed by atoms with Gasteiger partial charge in [0.15, 0.2) is 0 Å². The number of nitro groups is 1. The van der Waals surface area contributed by atoms with Gasteiger partial charge in [0, 0.05) is 17.3 Å². The van der Waals surface area contributed by atoms with Crippen LogP contribution in [-0.4, -0.2) is 26.1 Å². The fourth-order valence-corrected chi connectivity index (χ4v) is 4.52. The highest BCUT2D eigenvalue weighted by atomic mass is 32.2. The van der Waals surface area contributed by atoms with Gasteiger partial charge in [-0.05, 0) is 43.9 Å². The highest BCUT2D eigenvalue weighted by Gasteiger charge is 2.22. The number of anilines is 1. The van der Waals surface area contributed by atoms with E-state index in [9.17, 15) is 19.7 Å². The van der Waals surface area contributed by atoms with Crippen molar-refractivity contribution >= 4 is 29.0 Å². The zero-order valence-corrected chi connectivity index (χ0v) is 17.4. The minimum absolute atomic E-state index is 0.00682. The summed E-state index contributed by atoms with van der Waals surface area (Å²) in [6.07, 6.45) is 5.10. The van der Waals surface area contributed by atoms with Crippen LogP contribution in [0.15, 0.2) is 56.9 Å². The monoisotopic (exact) mass is 440 g/mol. The Morgan fingerprint density at radius 3 is 2.81 bits per heavy atom. The summed E-state index contributed by atoms with van der Waals surface area (Å²) in [6, 6.07) is 9.57. The van der Waals surface area contributed by atoms with E-state index in [1.54, 1.807) is 23.0 Å². The van der Waals surface area contributed by atoms with E-state index in [4.69, 9.17) is 4.42 Å². The standard InChI is InChI=1S/C21H20N4O5S/c26-19(22-16-8-2-4-10-18(16)25(28)29)13-31-20-15-7-1-3-9-17(15)24(21(27)23-20)12-14-6-5-11-30-14/h2,4-6,8,10-11H,1,3,7,9,12-13H2,(H,22,26). The molecule has 10 heteroatoms. The number of fused-ring (bicyclic) bond motifs is 1. The van der Waals surface area contributed by atoms with Crippen LogP contribution in [0.25, 0.3) is 0 Å². The second kappa shape index (κ2) is 9.17. The Morgan fingerprint density at radius 2 is 2.03 bits per heavy atom. The van der Waals surface area contributed by atoms with Crippen LogP contribution in [-0.2, 0) is 24.2 Å². The zero-order chi connectivity index (χ0) is 21.8. The van der Waals surface area contributed by atoms with E-state index >= 15 is 0 Å². The number of benzene rings is 1. The molecule has 0 saturated heterocycles. The van der Waals surface area contributed by atoms with Gasteiger partial charge in [-0.2, -0.15) is 4.98 Å². The summed E-state index contributed by atoms with van der Waals surface area (Å²) in [4.78, 5) is 39.9. The molecule has 4 rings (SSSR count). The summed E-state index contributed by atoms with van der Waals surface area (Å²) >= 11 is 1.18. The Morgan fingerprint density at radius 1 is 1.23 bits per heavy atom. The number of carbonyl (C=O) groups excluding carboxylic acids is 1. The van der Waals surface area contributed by atoms with Gasteiger partial charge in [0.25, 0.3) is 5.69 Å². The smallest absolute Gasteiger partial charge is 0.349 e. The largest absolute Gasteiger partial charge is 0.467 e. The van der Waals surface area contributed by atoms with E-state index in [-0.39, 0.29) is 22.8 Å². The van der Waals surface area contributed by atoms with Crippen molar-refractivity contribution in [2.24, 2.45) is 0 Å². The quantitative estimate of drug-likeness (QED) is 0.259. The average Bonchev–Trinajstić information content (AvgIpc) is 3.28. The predicted octanol–water partition coefficient (Wildman–Crippen LogP) is 3.40. The first-order valence-corrected chi connectivity index (χ1v) is 10.8. The summed E-state index contributed by atoms with van der Waals surface area (Å²) < 4.78 is 7.03. The van der Waals surface area contributed by atoms with E-state index in [0.717, 1.165) is 36.9 Å². The first-order valence-electron chi connectivity index (χ1n) is 9.84. The number of rotatable bonds is 7. The van der Waals surface area contributed by atoms with Crippen LogP contribution in [0.3, 0.4) is 0 Å². The third-order valence-corrected chi connectivity index (χ3v) is 6.08. The molecule has 3 aromatic rings. The van der Waals surface area contributed by atoms with Gasteiger partial charge in [-0.1, -0.05) is 23.9 Å². The van der Waals surface area contributed by atoms with Gasteiger partial charge in [-0.15, -0.1) is 0 Å². The van der Waals surface area contributed by atoms with Crippen molar-refractivity contribution in [3.05, 3.63) is 80.3 Å². The maximum atomic E-state index is 12.7. The third kappa shape index (κ3) is 4.69. The van der Waals surface area contributed by atoms with E-state index in [1.807, 2.05) is 6.07 Å². The lowest BCUT2D eigenvalue weighted by Gasteiger charge is -2.22. The predicted molar refractivity (Wildman–Crippen MR) is 115 cm³/mol. The van der Waals surface area contributed by atoms with Crippen LogP contribution in [0.2, 0.25) is 0 Å². The van der Waals surface area contributed by atoms with Gasteiger partial charge in [-0.3, -0.25) is 19.5 Å². The Bertz CT molecular complexity index is 1170. The summed E-state index contributed by atoms with van der Waals surface area (Å²) in [7, 11) is 0. The molecule has 1 aliphatic rings. The molecule has 1 aromatic carbocycles. The number of nitrogens with zero attached hydrogens (tertiary/aromatic N) is 3. The SMILES string of the molecule is O=C(CSc1nc(=O)n(Cc2ccco2)c2c1CCCC2)Nc1ccccc1[N+](=O)[O-]. The van der Waals surface area contributed by atoms with E-state index in [2.05, 4.69) is 10.3 Å². The van der Waals surface area contributed by atoms with E-state index < -0.39 is 10.8 Å². The van der Waals surface area contributed by atoms with Gasteiger partial charge < -0.3 is 9.73 Å². The molecule has 0 radical (unpaired) electrons. The normalized spacial score (nSPS) is 12.9. The fourth-order valence-electron chi connectivity index (χ4n) is 3.65. The lowest BCUT2D eigenvalue weighted by atomic mass is 9.97. The molecule has 31 heavy (non-hydrogen) atoms. The molecule has 160 valence electrons. The van der Waals surface area contributed by atoms with Crippen molar-refractivity contribution < 1.29 is 14.1 Å². The van der Waals surface area contributed by atoms with Crippen molar-refractivity contribution in [2.75, 3.05) is 11.1 Å². The van der Waals surface area contributed by atoms with Gasteiger partial charge in [0.05, 0.1) is 23.5 Å². The molecule has 0 spiro atoms. The summed E-state index contributed by atoms with van der Waals surface area (Å²) in [5, 5.41) is 14.2. The van der Waals surface area contributed by atoms with Gasteiger partial charge in [0.1, 0.15) is 16.5 Å². The highest BCUT2D eigenvalue weighted by Crippen LogP contribution is 2.29. The lowest BCUT2D eigenvalue weighted by molar-refractivity contribution is -0.383. The number of nitrogens with one attached hydrogen (secondary N) is 1. The van der Waals surface area contributed by atoms with Crippen LogP contribution in [0, 0.1) is 10.1 Å². The Hall–Kier alpha value is -3.40. The number of furan rings is 1. The maximum Gasteiger partial charge on any atom is 0.349 e. The van der Waals surface area contributed by atoms with Crippen molar-refractivity contribution in [2.45, 2.75) is 37.3 Å². The molecule has 0 saturated carbocycles. The second-order valence-electron chi connectivity index (χ2n) is 7.11. The van der Waals surface area contributed by atoms with Gasteiger partial charge in [0.2, 0.25) is 5.91 Å². The molecule has 1 N–H and O–H groups in total. The van der Waals surface area contributed by atoms with E-state index in [1.165, 1.54) is 30.0 Å². The minimum Gasteiger partial charge on any atom is -0.467 e. The molecule has 1 aliphatic carbocycles. The van der Waals surface area contributed by atoms with Crippen LogP contribution in [0.4, 0.5) is 11.4 Å². The minimum atomic E-state index is -0.542. The van der Waals surface area contributed by atoms with Crippen molar-refractivity contribution in [3.8, 4) is 0 Å². The molecule has 0 aliphatic heterocycles. The summed E-state index contributed by atoms with van der Waals surface area (Å²) in [5.74, 6) is 0.277. The molecule has 9 nitrogen and oxygen atoms in total. The number of hydrogen-bond donors (Lipinski definition) is 1. The highest BCUT2D eigenvalue weighted by molar-refractivity contribution is 8.00. The number of aromatic nitrogens is 2. The van der Waals surface area contributed by atoms with Crippen molar-refractivity contribution in [1.82, 2.24) is 9.55 Å². The van der Waals surface area contributed by atoms with Gasteiger partial charge in [-0.25, -0.2) is 4.79 Å². The average molecular weight is 440 g/mol. The summed E-state index contributed by atoms with van der Waals surface area (Å²) in [5.41, 5.74) is 1.52. The van der Waals surface area contributed by atoms with Gasteiger partial charge >= 0.3 is 5.69 Å². The molecule has 0 bridgehead atoms. The van der Waals surface area contributed by atoms with Crippen LogP contribution in [0.1, 0.15) is 29.9 Å². The zero-order valence-electron chi connectivity index (χ0n) is 16.6. The van der Waals surface area contributed by atoms with Crippen molar-refractivity contribution in [3.63, 3.8) is 0 Å². The number of hydrogen-bond acceptors (Lipinski definition) is 7. The first kappa shape index (κ1) is 20.9. The van der Waals surface area contributed by atoms with Crippen LogP contribution < -0.4 is 11.0 Å². The topological polar surface area (TPSA) is 120 Å². The number of para-hydroxylation sites is 2. The number of carbonyl (C=O) groups is 1. The number of amides is 1. The molecule has 0 fully saturated rings. The summed E-state index contributed by atoms with van der Waals surface area (Å²) in [6.45, 7) is 0.324. The Labute approximate surface area is 181 Å². The van der Waals surface area contributed by atoms with E-state index in [0.29, 0.717) is 17.3 Å². The fraction of sp³-hybridized carbons (Fsp3) is 0.286. The number of nitro benzene ring substituents is 1. The Kier molecular flexibility index (Phi) is 6.17. The first-order chi connectivity index (χ1) is 15.0. The second-order valence-corrected chi connectivity index (χ2v) is 8.07. The molecule has 2 heterocycles. The molecule has 2 aromatic heterocycles. The Balaban J connectivity index is 1.53. The molecule has 0 atom stereocenters. The molecule has 0 unspecified atom stereocenters. The molecular weight excluding hydrogens is 420 g/mol. The third-order valence-electron chi connectivity index (χ3n) is 5.06. The van der Waals surface area contributed by atoms with Crippen LogP contribution in [0.5, 0.6) is 0 Å². The molecular formula is C21H20N4O5S. The lowest BCUT2D eigenvalue weighted by Crippen LogP contribution is -2.30. The van der Waals surface area contributed by atoms with Crippen molar-refractivity contribution in [1.29, 1.82) is 0 Å². The number of thioether (sulfide) groups is 1.